The first-order valence-electron chi connectivity index (χ1n) is 8.32. The van der Waals surface area contributed by atoms with E-state index >= 15 is 0 Å². The van der Waals surface area contributed by atoms with Crippen LogP contribution in [0.1, 0.15) is 24.0 Å². The second-order valence-corrected chi connectivity index (χ2v) is 8.36. The number of halogens is 1. The Hall–Kier alpha value is -2.38. The highest BCUT2D eigenvalue weighted by atomic mass is 35.5. The lowest BCUT2D eigenvalue weighted by Gasteiger charge is -2.17. The molecule has 134 valence electrons. The van der Waals surface area contributed by atoms with E-state index in [0.717, 1.165) is 31.2 Å². The molecule has 0 spiro atoms. The molecule has 4 rings (SSSR count). The molecule has 0 radical (unpaired) electrons. The van der Waals surface area contributed by atoms with Crippen molar-refractivity contribution < 1.29 is 8.42 Å². The standard InChI is InChI=1S/C18H17ClN4O2S/c19-15-6-8-18(23-12-20-11-21-23)17(10-15)22-26(24,25)16-7-5-13-3-1-2-4-14(13)9-16/h5-12,22H,1-4H2. The fourth-order valence-corrected chi connectivity index (χ4v) is 4.49. The number of benzene rings is 2. The van der Waals surface area contributed by atoms with Gasteiger partial charge in [-0.15, -0.1) is 0 Å². The first-order valence-corrected chi connectivity index (χ1v) is 10.2. The molecular weight excluding hydrogens is 372 g/mol. The molecule has 1 aliphatic carbocycles. The maximum Gasteiger partial charge on any atom is 0.261 e. The molecule has 3 aromatic rings. The van der Waals surface area contributed by atoms with E-state index in [9.17, 15) is 8.42 Å². The van der Waals surface area contributed by atoms with Crippen LogP contribution < -0.4 is 4.72 Å². The van der Waals surface area contributed by atoms with E-state index in [1.807, 2.05) is 6.07 Å². The summed E-state index contributed by atoms with van der Waals surface area (Å²) in [6, 6.07) is 10.3. The SMILES string of the molecule is O=S(=O)(Nc1cc(Cl)ccc1-n1cncn1)c1ccc2c(c1)CCCC2. The molecule has 1 aromatic heterocycles. The predicted octanol–water partition coefficient (Wildman–Crippen LogP) is 3.60. The third-order valence-electron chi connectivity index (χ3n) is 4.50. The molecule has 1 heterocycles. The van der Waals surface area contributed by atoms with Gasteiger partial charge >= 0.3 is 0 Å². The van der Waals surface area contributed by atoms with Gasteiger partial charge in [0, 0.05) is 5.02 Å². The number of nitrogens with one attached hydrogen (secondary N) is 1. The van der Waals surface area contributed by atoms with E-state index in [4.69, 9.17) is 11.6 Å². The number of anilines is 1. The Morgan fingerprint density at radius 3 is 2.62 bits per heavy atom. The third-order valence-corrected chi connectivity index (χ3v) is 6.10. The van der Waals surface area contributed by atoms with Crippen molar-refractivity contribution in [2.75, 3.05) is 4.72 Å². The third kappa shape index (κ3) is 3.32. The Morgan fingerprint density at radius 2 is 1.85 bits per heavy atom. The van der Waals surface area contributed by atoms with Gasteiger partial charge in [0.15, 0.2) is 0 Å². The molecule has 0 aliphatic heterocycles. The van der Waals surface area contributed by atoms with E-state index in [1.54, 1.807) is 30.3 Å². The number of hydrogen-bond acceptors (Lipinski definition) is 4. The van der Waals surface area contributed by atoms with Crippen LogP contribution in [-0.2, 0) is 22.9 Å². The highest BCUT2D eigenvalue weighted by Gasteiger charge is 2.20. The Kier molecular flexibility index (Phi) is 4.42. The van der Waals surface area contributed by atoms with Crippen molar-refractivity contribution in [2.45, 2.75) is 30.6 Å². The molecule has 0 saturated heterocycles. The molecule has 1 N–H and O–H groups in total. The van der Waals surface area contributed by atoms with Crippen molar-refractivity contribution in [2.24, 2.45) is 0 Å². The lowest BCUT2D eigenvalue weighted by molar-refractivity contribution is 0.600. The molecule has 6 nitrogen and oxygen atoms in total. The number of aryl methyl sites for hydroxylation is 2. The zero-order chi connectivity index (χ0) is 18.1. The van der Waals surface area contributed by atoms with Gasteiger partial charge in [-0.1, -0.05) is 17.7 Å². The Balaban J connectivity index is 1.72. The first-order chi connectivity index (χ1) is 12.5. The maximum atomic E-state index is 12.9. The van der Waals surface area contributed by atoms with Crippen LogP contribution in [-0.4, -0.2) is 23.2 Å². The van der Waals surface area contributed by atoms with Gasteiger partial charge < -0.3 is 0 Å². The smallest absolute Gasteiger partial charge is 0.261 e. The summed E-state index contributed by atoms with van der Waals surface area (Å²) < 4.78 is 30.0. The quantitative estimate of drug-likeness (QED) is 0.740. The summed E-state index contributed by atoms with van der Waals surface area (Å²) in [7, 11) is -3.75. The van der Waals surface area contributed by atoms with Gasteiger partial charge in [0.25, 0.3) is 10.0 Å². The van der Waals surface area contributed by atoms with E-state index in [0.29, 0.717) is 16.4 Å². The van der Waals surface area contributed by atoms with E-state index in [-0.39, 0.29) is 4.90 Å². The number of sulfonamides is 1. The summed E-state index contributed by atoms with van der Waals surface area (Å²) in [6.45, 7) is 0. The molecular formula is C18H17ClN4O2S. The second kappa shape index (κ2) is 6.74. The number of hydrogen-bond donors (Lipinski definition) is 1. The normalized spacial score (nSPS) is 14.0. The zero-order valence-corrected chi connectivity index (χ0v) is 15.5. The van der Waals surface area contributed by atoms with Crippen molar-refractivity contribution in [1.29, 1.82) is 0 Å². The maximum absolute atomic E-state index is 12.9. The van der Waals surface area contributed by atoms with Crippen LogP contribution in [0.5, 0.6) is 0 Å². The van der Waals surface area contributed by atoms with Crippen molar-refractivity contribution in [3.8, 4) is 5.69 Å². The molecule has 0 fully saturated rings. The number of rotatable bonds is 4. The van der Waals surface area contributed by atoms with Gasteiger partial charge in [-0.25, -0.2) is 18.1 Å². The molecule has 0 bridgehead atoms. The minimum absolute atomic E-state index is 0.252. The fourth-order valence-electron chi connectivity index (χ4n) is 3.20. The van der Waals surface area contributed by atoms with Crippen LogP contribution in [0, 0.1) is 0 Å². The molecule has 0 unspecified atom stereocenters. The second-order valence-electron chi connectivity index (χ2n) is 6.24. The van der Waals surface area contributed by atoms with Crippen LogP contribution in [0.15, 0.2) is 53.9 Å². The molecule has 26 heavy (non-hydrogen) atoms. The summed E-state index contributed by atoms with van der Waals surface area (Å²) >= 11 is 6.07. The van der Waals surface area contributed by atoms with Gasteiger partial charge in [0.2, 0.25) is 0 Å². The van der Waals surface area contributed by atoms with Gasteiger partial charge in [0.05, 0.1) is 16.3 Å². The number of nitrogens with zero attached hydrogens (tertiary/aromatic N) is 3. The predicted molar refractivity (Wildman–Crippen MR) is 100 cm³/mol. The fraction of sp³-hybridized carbons (Fsp3) is 0.222. The topological polar surface area (TPSA) is 76.9 Å². The molecule has 0 atom stereocenters. The van der Waals surface area contributed by atoms with Crippen LogP contribution >= 0.6 is 11.6 Å². The average Bonchev–Trinajstić information content (AvgIpc) is 3.15. The van der Waals surface area contributed by atoms with Crippen LogP contribution in [0.3, 0.4) is 0 Å². The van der Waals surface area contributed by atoms with Crippen molar-refractivity contribution >= 4 is 27.3 Å². The van der Waals surface area contributed by atoms with Gasteiger partial charge in [0.1, 0.15) is 12.7 Å². The highest BCUT2D eigenvalue weighted by Crippen LogP contribution is 2.28. The van der Waals surface area contributed by atoms with Crippen LogP contribution in [0.2, 0.25) is 5.02 Å². The van der Waals surface area contributed by atoms with Crippen molar-refractivity contribution in [1.82, 2.24) is 14.8 Å². The van der Waals surface area contributed by atoms with Gasteiger partial charge in [-0.3, -0.25) is 4.72 Å². The van der Waals surface area contributed by atoms with Crippen molar-refractivity contribution in [3.05, 3.63) is 65.2 Å². The van der Waals surface area contributed by atoms with Gasteiger partial charge in [-0.2, -0.15) is 5.10 Å². The lowest BCUT2D eigenvalue weighted by Crippen LogP contribution is -2.16. The zero-order valence-electron chi connectivity index (χ0n) is 13.9. The lowest BCUT2D eigenvalue weighted by atomic mass is 9.92. The summed E-state index contributed by atoms with van der Waals surface area (Å²) in [6.07, 6.45) is 7.06. The van der Waals surface area contributed by atoms with E-state index < -0.39 is 10.0 Å². The molecule has 8 heteroatoms. The monoisotopic (exact) mass is 388 g/mol. The van der Waals surface area contributed by atoms with Crippen molar-refractivity contribution in [3.63, 3.8) is 0 Å². The molecule has 0 saturated carbocycles. The number of aromatic nitrogens is 3. The van der Waals surface area contributed by atoms with E-state index in [2.05, 4.69) is 14.8 Å². The highest BCUT2D eigenvalue weighted by molar-refractivity contribution is 7.92. The largest absolute Gasteiger partial charge is 0.277 e. The first kappa shape index (κ1) is 17.1. The average molecular weight is 389 g/mol. The molecule has 0 amide bonds. The minimum Gasteiger partial charge on any atom is -0.277 e. The molecule has 2 aromatic carbocycles. The minimum atomic E-state index is -3.75. The van der Waals surface area contributed by atoms with Crippen LogP contribution in [0.4, 0.5) is 5.69 Å². The Labute approximate surface area is 156 Å². The summed E-state index contributed by atoms with van der Waals surface area (Å²) in [5, 5.41) is 4.49. The summed E-state index contributed by atoms with van der Waals surface area (Å²) in [4.78, 5) is 4.16. The van der Waals surface area contributed by atoms with Crippen LogP contribution in [0.25, 0.3) is 5.69 Å². The number of fused-ring (bicyclic) bond motifs is 1. The Morgan fingerprint density at radius 1 is 1.04 bits per heavy atom. The van der Waals surface area contributed by atoms with E-state index in [1.165, 1.54) is 22.9 Å². The van der Waals surface area contributed by atoms with Gasteiger partial charge in [-0.05, 0) is 67.1 Å². The Bertz CT molecular complexity index is 1050. The summed E-state index contributed by atoms with van der Waals surface area (Å²) in [5.74, 6) is 0. The molecule has 1 aliphatic rings. The summed E-state index contributed by atoms with van der Waals surface area (Å²) in [5.41, 5.74) is 3.25.